The fourth-order valence-electron chi connectivity index (χ4n) is 2.55. The SMILES string of the molecule is COCCOc1ccc(N2CCN(CCNC(=O)O)CC2)cc1. The average Bonchev–Trinajstić information content (AvgIpc) is 2.56. The highest BCUT2D eigenvalue weighted by Gasteiger charge is 2.16. The summed E-state index contributed by atoms with van der Waals surface area (Å²) in [5.41, 5.74) is 1.19. The van der Waals surface area contributed by atoms with Crippen molar-refractivity contribution in [1.82, 2.24) is 10.2 Å². The zero-order chi connectivity index (χ0) is 16.5. The Hall–Kier alpha value is -1.99. The summed E-state index contributed by atoms with van der Waals surface area (Å²) in [6.07, 6.45) is -0.962. The Morgan fingerprint density at radius 2 is 1.87 bits per heavy atom. The third kappa shape index (κ3) is 5.96. The number of nitrogens with zero attached hydrogens (tertiary/aromatic N) is 2. The van der Waals surface area contributed by atoms with Crippen LogP contribution in [0.15, 0.2) is 24.3 Å². The van der Waals surface area contributed by atoms with Gasteiger partial charge in [-0.25, -0.2) is 4.79 Å². The first-order valence-electron chi connectivity index (χ1n) is 7.85. The minimum absolute atomic E-state index is 0.475. The van der Waals surface area contributed by atoms with Crippen molar-refractivity contribution in [2.24, 2.45) is 0 Å². The van der Waals surface area contributed by atoms with Gasteiger partial charge < -0.3 is 24.8 Å². The van der Waals surface area contributed by atoms with Crippen molar-refractivity contribution in [2.75, 3.05) is 64.5 Å². The standard InChI is InChI=1S/C16H25N3O4/c1-22-12-13-23-15-4-2-14(3-5-15)19-10-8-18(9-11-19)7-6-17-16(20)21/h2-5,17H,6-13H2,1H3,(H,20,21). The maximum atomic E-state index is 10.4. The number of piperazine rings is 1. The minimum atomic E-state index is -0.962. The van der Waals surface area contributed by atoms with Gasteiger partial charge in [0, 0.05) is 52.1 Å². The van der Waals surface area contributed by atoms with Gasteiger partial charge in [0.1, 0.15) is 12.4 Å². The predicted octanol–water partition coefficient (Wildman–Crippen LogP) is 1.10. The van der Waals surface area contributed by atoms with Gasteiger partial charge in [0.2, 0.25) is 0 Å². The first kappa shape index (κ1) is 17.4. The molecule has 0 radical (unpaired) electrons. The number of rotatable bonds is 8. The van der Waals surface area contributed by atoms with E-state index in [2.05, 4.69) is 27.2 Å². The van der Waals surface area contributed by atoms with Crippen molar-refractivity contribution in [3.63, 3.8) is 0 Å². The number of amides is 1. The second-order valence-electron chi connectivity index (χ2n) is 5.40. The lowest BCUT2D eigenvalue weighted by molar-refractivity contribution is 0.146. The molecule has 7 nitrogen and oxygen atoms in total. The maximum absolute atomic E-state index is 10.4. The van der Waals surface area contributed by atoms with Crippen LogP contribution >= 0.6 is 0 Å². The molecule has 0 bridgehead atoms. The van der Waals surface area contributed by atoms with Gasteiger partial charge in [-0.1, -0.05) is 0 Å². The largest absolute Gasteiger partial charge is 0.491 e. The Morgan fingerprint density at radius 3 is 2.48 bits per heavy atom. The van der Waals surface area contributed by atoms with E-state index in [-0.39, 0.29) is 0 Å². The molecule has 1 heterocycles. The van der Waals surface area contributed by atoms with E-state index >= 15 is 0 Å². The van der Waals surface area contributed by atoms with E-state index in [9.17, 15) is 4.79 Å². The molecule has 0 unspecified atom stereocenters. The predicted molar refractivity (Wildman–Crippen MR) is 88.5 cm³/mol. The monoisotopic (exact) mass is 323 g/mol. The molecule has 1 aromatic rings. The molecule has 2 N–H and O–H groups in total. The molecule has 0 aromatic heterocycles. The number of methoxy groups -OCH3 is 1. The van der Waals surface area contributed by atoms with E-state index < -0.39 is 6.09 Å². The first-order chi connectivity index (χ1) is 11.2. The van der Waals surface area contributed by atoms with E-state index in [1.165, 1.54) is 5.69 Å². The lowest BCUT2D eigenvalue weighted by Crippen LogP contribution is -2.48. The molecule has 23 heavy (non-hydrogen) atoms. The van der Waals surface area contributed by atoms with Crippen molar-refractivity contribution in [2.45, 2.75) is 0 Å². The van der Waals surface area contributed by atoms with Gasteiger partial charge in [-0.05, 0) is 24.3 Å². The summed E-state index contributed by atoms with van der Waals surface area (Å²) in [5.74, 6) is 0.851. The molecule has 0 aliphatic carbocycles. The Bertz CT molecular complexity index is 473. The molecule has 0 spiro atoms. The Balaban J connectivity index is 1.73. The van der Waals surface area contributed by atoms with Crippen molar-refractivity contribution < 1.29 is 19.4 Å². The quantitative estimate of drug-likeness (QED) is 0.698. The summed E-state index contributed by atoms with van der Waals surface area (Å²) in [6, 6.07) is 8.11. The van der Waals surface area contributed by atoms with Crippen LogP contribution in [0.3, 0.4) is 0 Å². The molecule has 1 aliphatic rings. The van der Waals surface area contributed by atoms with E-state index in [0.29, 0.717) is 19.8 Å². The lowest BCUT2D eigenvalue weighted by Gasteiger charge is -2.36. The van der Waals surface area contributed by atoms with Crippen LogP contribution in [0.4, 0.5) is 10.5 Å². The summed E-state index contributed by atoms with van der Waals surface area (Å²) in [5, 5.41) is 11.0. The highest BCUT2D eigenvalue weighted by molar-refractivity contribution is 5.64. The van der Waals surface area contributed by atoms with E-state index in [1.54, 1.807) is 7.11 Å². The lowest BCUT2D eigenvalue weighted by atomic mass is 10.2. The number of hydrogen-bond acceptors (Lipinski definition) is 5. The van der Waals surface area contributed by atoms with Crippen LogP contribution in [0.2, 0.25) is 0 Å². The summed E-state index contributed by atoms with van der Waals surface area (Å²) in [6.45, 7) is 6.13. The maximum Gasteiger partial charge on any atom is 0.404 e. The highest BCUT2D eigenvalue weighted by atomic mass is 16.5. The van der Waals surface area contributed by atoms with Gasteiger partial charge in [0.05, 0.1) is 6.61 Å². The Labute approximate surface area is 136 Å². The van der Waals surface area contributed by atoms with Crippen molar-refractivity contribution in [3.05, 3.63) is 24.3 Å². The number of carboxylic acid groups (broad SMARTS) is 1. The van der Waals surface area contributed by atoms with Crippen molar-refractivity contribution in [3.8, 4) is 5.75 Å². The molecule has 128 valence electrons. The fraction of sp³-hybridized carbons (Fsp3) is 0.562. The highest BCUT2D eigenvalue weighted by Crippen LogP contribution is 2.20. The molecule has 1 fully saturated rings. The molecule has 1 saturated heterocycles. The van der Waals surface area contributed by atoms with Crippen LogP contribution in [-0.2, 0) is 4.74 Å². The molecule has 2 rings (SSSR count). The van der Waals surface area contributed by atoms with Crippen LogP contribution in [0, 0.1) is 0 Å². The van der Waals surface area contributed by atoms with Crippen molar-refractivity contribution >= 4 is 11.8 Å². The zero-order valence-corrected chi connectivity index (χ0v) is 13.5. The second-order valence-corrected chi connectivity index (χ2v) is 5.40. The summed E-state index contributed by atoms with van der Waals surface area (Å²) in [7, 11) is 1.66. The number of anilines is 1. The molecule has 0 atom stereocenters. The van der Waals surface area contributed by atoms with E-state index in [4.69, 9.17) is 14.6 Å². The molecular weight excluding hydrogens is 298 g/mol. The molecule has 7 heteroatoms. The third-order valence-electron chi connectivity index (χ3n) is 3.83. The van der Waals surface area contributed by atoms with Gasteiger partial charge in [-0.15, -0.1) is 0 Å². The minimum Gasteiger partial charge on any atom is -0.491 e. The van der Waals surface area contributed by atoms with Gasteiger partial charge in [-0.2, -0.15) is 0 Å². The number of carbonyl (C=O) groups is 1. The summed E-state index contributed by atoms with van der Waals surface area (Å²) in [4.78, 5) is 15.0. The first-order valence-corrected chi connectivity index (χ1v) is 7.85. The zero-order valence-electron chi connectivity index (χ0n) is 13.5. The van der Waals surface area contributed by atoms with Crippen LogP contribution < -0.4 is 15.0 Å². The molecule has 1 aliphatic heterocycles. The van der Waals surface area contributed by atoms with E-state index in [1.807, 2.05) is 12.1 Å². The number of nitrogens with one attached hydrogen (secondary N) is 1. The average molecular weight is 323 g/mol. The number of hydrogen-bond donors (Lipinski definition) is 2. The summed E-state index contributed by atoms with van der Waals surface area (Å²) < 4.78 is 10.5. The normalized spacial score (nSPS) is 15.4. The number of ether oxygens (including phenoxy) is 2. The third-order valence-corrected chi connectivity index (χ3v) is 3.83. The Morgan fingerprint density at radius 1 is 1.17 bits per heavy atom. The molecule has 1 amide bonds. The van der Waals surface area contributed by atoms with Crippen molar-refractivity contribution in [1.29, 1.82) is 0 Å². The van der Waals surface area contributed by atoms with Crippen LogP contribution in [0.5, 0.6) is 5.75 Å². The smallest absolute Gasteiger partial charge is 0.404 e. The number of benzene rings is 1. The van der Waals surface area contributed by atoms with Crippen LogP contribution in [-0.4, -0.2) is 75.7 Å². The summed E-state index contributed by atoms with van der Waals surface area (Å²) >= 11 is 0. The molecular formula is C16H25N3O4. The van der Waals surface area contributed by atoms with Gasteiger partial charge in [-0.3, -0.25) is 4.90 Å². The topological polar surface area (TPSA) is 74.3 Å². The van der Waals surface area contributed by atoms with Gasteiger partial charge >= 0.3 is 6.09 Å². The molecule has 0 saturated carbocycles. The Kier molecular flexibility index (Phi) is 6.96. The van der Waals surface area contributed by atoms with Crippen LogP contribution in [0.1, 0.15) is 0 Å². The second kappa shape index (κ2) is 9.22. The van der Waals surface area contributed by atoms with E-state index in [0.717, 1.165) is 38.5 Å². The van der Waals surface area contributed by atoms with Crippen LogP contribution in [0.25, 0.3) is 0 Å². The van der Waals surface area contributed by atoms with Gasteiger partial charge in [0.15, 0.2) is 0 Å². The fourth-order valence-corrected chi connectivity index (χ4v) is 2.55. The van der Waals surface area contributed by atoms with Gasteiger partial charge in [0.25, 0.3) is 0 Å². The molecule has 1 aromatic carbocycles.